The van der Waals surface area contributed by atoms with Gasteiger partial charge < -0.3 is 4.74 Å². The predicted octanol–water partition coefficient (Wildman–Crippen LogP) is 5.04. The Morgan fingerprint density at radius 2 is 1.94 bits per heavy atom. The zero-order valence-electron chi connectivity index (χ0n) is 10.2. The molecule has 0 aliphatic carbocycles. The molecule has 0 saturated heterocycles. The van der Waals surface area contributed by atoms with Crippen LogP contribution >= 0.6 is 34.8 Å². The molecule has 0 atom stereocenters. The van der Waals surface area contributed by atoms with E-state index in [1.165, 1.54) is 6.07 Å². The van der Waals surface area contributed by atoms with Gasteiger partial charge in [-0.25, -0.2) is 4.79 Å². The predicted molar refractivity (Wildman–Crippen MR) is 74.7 cm³/mol. The van der Waals surface area contributed by atoms with Crippen LogP contribution in [0.5, 0.6) is 0 Å². The van der Waals surface area contributed by atoms with E-state index in [1.807, 2.05) is 0 Å². The van der Waals surface area contributed by atoms with Gasteiger partial charge in [-0.3, -0.25) is 0 Å². The number of carbonyl (C=O) groups excluding carboxylic acids is 1. The highest BCUT2D eigenvalue weighted by Crippen LogP contribution is 2.29. The third-order valence-corrected chi connectivity index (χ3v) is 3.73. The van der Waals surface area contributed by atoms with Gasteiger partial charge in [0.15, 0.2) is 0 Å². The zero-order chi connectivity index (χ0) is 13.7. The lowest BCUT2D eigenvalue weighted by molar-refractivity contribution is 0.0433. The molecular weight excluding hydrogens is 294 g/mol. The molecule has 1 radical (unpaired) electrons. The Labute approximate surface area is 122 Å². The average Bonchev–Trinajstić information content (AvgIpc) is 2.34. The van der Waals surface area contributed by atoms with E-state index in [-0.39, 0.29) is 20.6 Å². The van der Waals surface area contributed by atoms with Gasteiger partial charge in [0.2, 0.25) is 0 Å². The van der Waals surface area contributed by atoms with E-state index in [2.05, 4.69) is 19.9 Å². The molecular formula is C13H14Cl3O2. The Morgan fingerprint density at radius 1 is 1.33 bits per heavy atom. The molecule has 0 aliphatic heterocycles. The summed E-state index contributed by atoms with van der Waals surface area (Å²) in [6.07, 6.45) is 1.91. The first-order valence-corrected chi connectivity index (χ1v) is 6.86. The number of hydrogen-bond acceptors (Lipinski definition) is 2. The number of rotatable bonds is 5. The number of carbonyl (C=O) groups is 1. The van der Waals surface area contributed by atoms with Gasteiger partial charge in [0.25, 0.3) is 0 Å². The lowest BCUT2D eigenvalue weighted by Crippen LogP contribution is -2.14. The molecule has 2 nitrogen and oxygen atoms in total. The Bertz CT molecular complexity index is 428. The smallest absolute Gasteiger partial charge is 0.340 e. The van der Waals surface area contributed by atoms with Crippen molar-refractivity contribution in [1.29, 1.82) is 0 Å². The SMILES string of the molecule is CCC(CC)COC(=O)c1[c]c(Cl)cc(Cl)c1Cl. The van der Waals surface area contributed by atoms with Crippen molar-refractivity contribution < 1.29 is 9.53 Å². The van der Waals surface area contributed by atoms with Crippen LogP contribution in [0.4, 0.5) is 0 Å². The second-order valence-electron chi connectivity index (χ2n) is 3.94. The summed E-state index contributed by atoms with van der Waals surface area (Å²) in [4.78, 5) is 11.9. The quantitative estimate of drug-likeness (QED) is 0.562. The summed E-state index contributed by atoms with van der Waals surface area (Å²) in [6.45, 7) is 4.47. The maximum atomic E-state index is 11.9. The lowest BCUT2D eigenvalue weighted by atomic mass is 10.1. The number of esters is 1. The molecule has 0 amide bonds. The van der Waals surface area contributed by atoms with Crippen LogP contribution in [-0.4, -0.2) is 12.6 Å². The van der Waals surface area contributed by atoms with Crippen molar-refractivity contribution in [2.45, 2.75) is 26.7 Å². The van der Waals surface area contributed by atoms with Crippen LogP contribution in [-0.2, 0) is 4.74 Å². The molecule has 5 heteroatoms. The maximum Gasteiger partial charge on any atom is 0.340 e. The van der Waals surface area contributed by atoms with Gasteiger partial charge in [-0.2, -0.15) is 0 Å². The summed E-state index contributed by atoms with van der Waals surface area (Å²) in [6, 6.07) is 4.08. The molecule has 1 aromatic carbocycles. The Morgan fingerprint density at radius 3 is 2.50 bits per heavy atom. The first kappa shape index (κ1) is 15.6. The molecule has 0 aliphatic rings. The standard InChI is InChI=1S/C13H14Cl3O2/c1-3-8(4-2)7-18-13(17)10-5-9(14)6-11(15)12(10)16/h6,8H,3-4,7H2,1-2H3. The number of hydrogen-bond donors (Lipinski definition) is 0. The monoisotopic (exact) mass is 307 g/mol. The molecule has 0 saturated carbocycles. The summed E-state index contributed by atoms with van der Waals surface area (Å²) in [5.74, 6) is -0.196. The van der Waals surface area contributed by atoms with Crippen molar-refractivity contribution in [3.05, 3.63) is 32.8 Å². The highest BCUT2D eigenvalue weighted by atomic mass is 35.5. The molecule has 1 aromatic rings. The second kappa shape index (κ2) is 7.22. The Hall–Kier alpha value is -0.440. The van der Waals surface area contributed by atoms with Crippen LogP contribution < -0.4 is 0 Å². The summed E-state index contributed by atoms with van der Waals surface area (Å²) in [7, 11) is 0. The minimum atomic E-state index is -0.545. The van der Waals surface area contributed by atoms with Gasteiger partial charge in [-0.1, -0.05) is 61.5 Å². The zero-order valence-corrected chi connectivity index (χ0v) is 12.5. The number of benzene rings is 1. The van der Waals surface area contributed by atoms with E-state index in [1.54, 1.807) is 0 Å². The van der Waals surface area contributed by atoms with E-state index >= 15 is 0 Å². The average molecular weight is 309 g/mol. The largest absolute Gasteiger partial charge is 0.462 e. The third kappa shape index (κ3) is 4.04. The van der Waals surface area contributed by atoms with Gasteiger partial charge in [0.1, 0.15) is 0 Å². The fraction of sp³-hybridized carbons (Fsp3) is 0.462. The summed E-state index contributed by atoms with van der Waals surface area (Å²) in [5, 5.41) is 0.574. The normalized spacial score (nSPS) is 10.8. The second-order valence-corrected chi connectivity index (χ2v) is 5.13. The first-order valence-electron chi connectivity index (χ1n) is 5.73. The van der Waals surface area contributed by atoms with Gasteiger partial charge in [0, 0.05) is 6.07 Å². The molecule has 1 rings (SSSR count). The van der Waals surface area contributed by atoms with Gasteiger partial charge in [-0.05, 0) is 12.0 Å². The fourth-order valence-electron chi connectivity index (χ4n) is 1.44. The van der Waals surface area contributed by atoms with Crippen LogP contribution in [0.3, 0.4) is 0 Å². The van der Waals surface area contributed by atoms with Crippen molar-refractivity contribution in [1.82, 2.24) is 0 Å². The summed E-state index contributed by atoms with van der Waals surface area (Å²) in [5.41, 5.74) is 0.0834. The van der Waals surface area contributed by atoms with Crippen molar-refractivity contribution in [3.8, 4) is 0 Å². The topological polar surface area (TPSA) is 26.3 Å². The Kier molecular flexibility index (Phi) is 6.27. The van der Waals surface area contributed by atoms with Crippen LogP contribution in [0.1, 0.15) is 37.0 Å². The van der Waals surface area contributed by atoms with Crippen LogP contribution in [0, 0.1) is 12.0 Å². The minimum Gasteiger partial charge on any atom is -0.462 e. The molecule has 0 unspecified atom stereocenters. The molecule has 0 N–H and O–H groups in total. The molecule has 18 heavy (non-hydrogen) atoms. The van der Waals surface area contributed by atoms with E-state index in [9.17, 15) is 4.79 Å². The van der Waals surface area contributed by atoms with Crippen molar-refractivity contribution in [2.24, 2.45) is 5.92 Å². The minimum absolute atomic E-state index is 0.0834. The summed E-state index contributed by atoms with van der Waals surface area (Å²) < 4.78 is 5.19. The molecule has 0 aromatic heterocycles. The van der Waals surface area contributed by atoms with E-state index in [0.29, 0.717) is 12.5 Å². The van der Waals surface area contributed by atoms with Crippen molar-refractivity contribution in [3.63, 3.8) is 0 Å². The third-order valence-electron chi connectivity index (χ3n) is 2.74. The van der Waals surface area contributed by atoms with Crippen molar-refractivity contribution >= 4 is 40.8 Å². The molecule has 0 bridgehead atoms. The molecule has 0 fully saturated rings. The number of ether oxygens (including phenoxy) is 1. The summed E-state index contributed by atoms with van der Waals surface area (Å²) >= 11 is 17.5. The van der Waals surface area contributed by atoms with Gasteiger partial charge in [0.05, 0.1) is 27.2 Å². The van der Waals surface area contributed by atoms with Gasteiger partial charge >= 0.3 is 5.97 Å². The Balaban J connectivity index is 2.78. The first-order chi connectivity index (χ1) is 8.49. The van der Waals surface area contributed by atoms with E-state index < -0.39 is 5.97 Å². The van der Waals surface area contributed by atoms with E-state index in [0.717, 1.165) is 12.8 Å². The van der Waals surface area contributed by atoms with E-state index in [4.69, 9.17) is 39.5 Å². The molecule has 99 valence electrons. The molecule has 0 spiro atoms. The van der Waals surface area contributed by atoms with Crippen LogP contribution in [0.15, 0.2) is 6.07 Å². The number of halogens is 3. The highest BCUT2D eigenvalue weighted by Gasteiger charge is 2.17. The van der Waals surface area contributed by atoms with Crippen LogP contribution in [0.2, 0.25) is 15.1 Å². The maximum absolute atomic E-state index is 11.9. The van der Waals surface area contributed by atoms with Gasteiger partial charge in [-0.15, -0.1) is 0 Å². The fourth-order valence-corrected chi connectivity index (χ4v) is 2.08. The highest BCUT2D eigenvalue weighted by molar-refractivity contribution is 6.44. The lowest BCUT2D eigenvalue weighted by Gasteiger charge is -2.13. The van der Waals surface area contributed by atoms with Crippen molar-refractivity contribution in [2.75, 3.05) is 6.61 Å². The van der Waals surface area contributed by atoms with Crippen LogP contribution in [0.25, 0.3) is 0 Å². The molecule has 0 heterocycles.